The third kappa shape index (κ3) is 6.29. The largest absolute Gasteiger partial charge is 0.265 e. The molecule has 0 saturated heterocycles. The van der Waals surface area contributed by atoms with Crippen LogP contribution < -0.4 is 5.19 Å². The fourth-order valence-electron chi connectivity index (χ4n) is 5.52. The number of nitrogens with zero attached hydrogens (tertiary/aromatic N) is 5. The zero-order valence-corrected chi connectivity index (χ0v) is 27.1. The minimum absolute atomic E-state index is 0.599. The van der Waals surface area contributed by atoms with Gasteiger partial charge in [-0.2, -0.15) is 0 Å². The topological polar surface area (TPSA) is 64.5 Å². The predicted octanol–water partition coefficient (Wildman–Crippen LogP) is 9.21. The van der Waals surface area contributed by atoms with Crippen LogP contribution in [0.15, 0.2) is 146 Å². The second-order valence-corrected chi connectivity index (χ2v) is 17.4. The van der Waals surface area contributed by atoms with Gasteiger partial charge < -0.3 is 0 Å². The van der Waals surface area contributed by atoms with Gasteiger partial charge in [-0.05, 0) is 75.8 Å². The van der Waals surface area contributed by atoms with Crippen molar-refractivity contribution in [2.24, 2.45) is 0 Å². The number of aromatic nitrogens is 5. The molecule has 0 aliphatic carbocycles. The van der Waals surface area contributed by atoms with Gasteiger partial charge in [-0.3, -0.25) is 9.97 Å². The Balaban J connectivity index is 1.23. The summed E-state index contributed by atoms with van der Waals surface area (Å²) in [4.78, 5) is 22.9. The number of rotatable bonds is 7. The average Bonchev–Trinajstić information content (AvgIpc) is 3.12. The first-order valence-corrected chi connectivity index (χ1v) is 18.9. The maximum absolute atomic E-state index is 4.89. The van der Waals surface area contributed by atoms with Crippen molar-refractivity contribution in [3.8, 4) is 67.5 Å². The molecule has 0 bridgehead atoms. The monoisotopic (exact) mass is 611 g/mol. The molecule has 5 nitrogen and oxygen atoms in total. The molecule has 7 aromatic rings. The quantitative estimate of drug-likeness (QED) is 0.168. The van der Waals surface area contributed by atoms with Gasteiger partial charge in [0.25, 0.3) is 0 Å². The third-order valence-corrected chi connectivity index (χ3v) is 10.2. The minimum Gasteiger partial charge on any atom is -0.265 e. The Kier molecular flexibility index (Phi) is 7.87. The molecule has 0 spiro atoms. The van der Waals surface area contributed by atoms with Crippen LogP contribution in [-0.4, -0.2) is 33.0 Å². The Morgan fingerprint density at radius 3 is 1.11 bits per heavy atom. The first-order valence-electron chi connectivity index (χ1n) is 15.4. The Morgan fingerprint density at radius 2 is 0.696 bits per heavy atom. The van der Waals surface area contributed by atoms with Gasteiger partial charge in [-0.25, -0.2) is 15.0 Å². The highest BCUT2D eigenvalue weighted by Gasteiger charge is 2.16. The van der Waals surface area contributed by atoms with E-state index in [4.69, 9.17) is 15.0 Å². The summed E-state index contributed by atoms with van der Waals surface area (Å²) in [5.74, 6) is 1.81. The summed E-state index contributed by atoms with van der Waals surface area (Å²) in [6.45, 7) is 7.15. The first kappa shape index (κ1) is 29.1. The molecular weight excluding hydrogens is 579 g/mol. The van der Waals surface area contributed by atoms with Crippen LogP contribution >= 0.6 is 0 Å². The van der Waals surface area contributed by atoms with Crippen LogP contribution in [0.4, 0.5) is 0 Å². The van der Waals surface area contributed by atoms with Crippen molar-refractivity contribution in [1.29, 1.82) is 0 Å². The van der Waals surface area contributed by atoms with E-state index in [0.717, 1.165) is 27.8 Å². The van der Waals surface area contributed by atoms with Crippen LogP contribution in [0.25, 0.3) is 67.5 Å². The van der Waals surface area contributed by atoms with Crippen LogP contribution in [0.1, 0.15) is 0 Å². The van der Waals surface area contributed by atoms with E-state index in [1.807, 2.05) is 30.3 Å². The van der Waals surface area contributed by atoms with Gasteiger partial charge in [-0.1, -0.05) is 104 Å². The summed E-state index contributed by atoms with van der Waals surface area (Å²) in [5.41, 5.74) is 9.71. The summed E-state index contributed by atoms with van der Waals surface area (Å²) in [7, 11) is -1.34. The van der Waals surface area contributed by atoms with E-state index in [-0.39, 0.29) is 0 Å². The second kappa shape index (κ2) is 12.4. The number of hydrogen-bond donors (Lipinski definition) is 0. The molecular formula is C40H33N5Si. The molecule has 0 N–H and O–H groups in total. The summed E-state index contributed by atoms with van der Waals surface area (Å²) >= 11 is 0. The van der Waals surface area contributed by atoms with Gasteiger partial charge in [0.05, 0.1) is 8.07 Å². The zero-order valence-electron chi connectivity index (χ0n) is 26.1. The number of benzene rings is 4. The van der Waals surface area contributed by atoms with Crippen molar-refractivity contribution in [2.75, 3.05) is 0 Å². The van der Waals surface area contributed by atoms with Gasteiger partial charge in [0.15, 0.2) is 17.5 Å². The zero-order chi connectivity index (χ0) is 31.5. The van der Waals surface area contributed by atoms with E-state index in [2.05, 4.69) is 121 Å². The molecule has 0 atom stereocenters. The lowest BCUT2D eigenvalue weighted by molar-refractivity contribution is 1.07. The molecule has 222 valence electrons. The predicted molar refractivity (Wildman–Crippen MR) is 191 cm³/mol. The molecule has 7 rings (SSSR count). The van der Waals surface area contributed by atoms with Gasteiger partial charge in [0.2, 0.25) is 0 Å². The van der Waals surface area contributed by atoms with E-state index >= 15 is 0 Å². The first-order chi connectivity index (χ1) is 22.4. The molecule has 3 heterocycles. The minimum atomic E-state index is -1.34. The summed E-state index contributed by atoms with van der Waals surface area (Å²) in [6.07, 6.45) is 6.99. The molecule has 46 heavy (non-hydrogen) atoms. The van der Waals surface area contributed by atoms with Crippen LogP contribution in [0.3, 0.4) is 0 Å². The van der Waals surface area contributed by atoms with Crippen LogP contribution in [0.2, 0.25) is 19.6 Å². The standard InChI is InChI=1S/C40H33N5Si/c1-46(2,3)37-15-13-28(14-16-37)31-7-4-8-32(25-31)33-9-5-10-34(26-33)35-11-6-12-36(27-35)40-44-38(29-17-21-41-22-18-29)43-39(45-40)30-19-23-42-24-20-30/h4-27H,1-3H3. The lowest BCUT2D eigenvalue weighted by atomic mass is 9.95. The molecule has 3 aromatic heterocycles. The van der Waals surface area contributed by atoms with Gasteiger partial charge in [-0.15, -0.1) is 0 Å². The molecule has 0 fully saturated rings. The molecule has 0 aliphatic heterocycles. The fraction of sp³-hybridized carbons (Fsp3) is 0.0750. The molecule has 0 unspecified atom stereocenters. The summed E-state index contributed by atoms with van der Waals surface area (Å²) < 4.78 is 0. The number of hydrogen-bond acceptors (Lipinski definition) is 5. The van der Waals surface area contributed by atoms with Crippen molar-refractivity contribution in [3.05, 3.63) is 146 Å². The highest BCUT2D eigenvalue weighted by Crippen LogP contribution is 2.32. The normalized spacial score (nSPS) is 11.4. The lowest BCUT2D eigenvalue weighted by Gasteiger charge is -2.17. The van der Waals surface area contributed by atoms with E-state index in [1.54, 1.807) is 24.8 Å². The Bertz CT molecular complexity index is 2070. The molecule has 4 aromatic carbocycles. The average molecular weight is 612 g/mol. The summed E-state index contributed by atoms with van der Waals surface area (Å²) in [5, 5.41) is 1.47. The van der Waals surface area contributed by atoms with Crippen molar-refractivity contribution in [1.82, 2.24) is 24.9 Å². The SMILES string of the molecule is C[Si](C)(C)c1ccc(-c2cccc(-c3cccc(-c4cccc(-c5nc(-c6ccncc6)nc(-c6ccncc6)n5)c4)c3)c2)cc1. The lowest BCUT2D eigenvalue weighted by Crippen LogP contribution is -2.37. The fourth-order valence-corrected chi connectivity index (χ4v) is 6.69. The highest BCUT2D eigenvalue weighted by atomic mass is 28.3. The molecule has 0 amide bonds. The Hall–Kier alpha value is -5.59. The molecule has 0 saturated carbocycles. The van der Waals surface area contributed by atoms with Crippen LogP contribution in [0.5, 0.6) is 0 Å². The van der Waals surface area contributed by atoms with Gasteiger partial charge in [0.1, 0.15) is 0 Å². The maximum Gasteiger partial charge on any atom is 0.164 e. The number of pyridine rings is 2. The Labute approximate surface area is 270 Å². The van der Waals surface area contributed by atoms with Crippen molar-refractivity contribution in [3.63, 3.8) is 0 Å². The third-order valence-electron chi connectivity index (χ3n) is 8.11. The smallest absolute Gasteiger partial charge is 0.164 e. The maximum atomic E-state index is 4.89. The molecule has 0 aliphatic rings. The van der Waals surface area contributed by atoms with Gasteiger partial charge >= 0.3 is 0 Å². The van der Waals surface area contributed by atoms with E-state index < -0.39 is 8.07 Å². The van der Waals surface area contributed by atoms with E-state index in [0.29, 0.717) is 17.5 Å². The molecule has 0 radical (unpaired) electrons. The van der Waals surface area contributed by atoms with Crippen LogP contribution in [0, 0.1) is 0 Å². The van der Waals surface area contributed by atoms with E-state index in [9.17, 15) is 0 Å². The second-order valence-electron chi connectivity index (χ2n) is 12.3. The van der Waals surface area contributed by atoms with Gasteiger partial charge in [0, 0.05) is 41.5 Å². The van der Waals surface area contributed by atoms with Crippen molar-refractivity contribution < 1.29 is 0 Å². The van der Waals surface area contributed by atoms with E-state index in [1.165, 1.54) is 27.4 Å². The van der Waals surface area contributed by atoms with Crippen molar-refractivity contribution >= 4 is 13.3 Å². The molecule has 6 heteroatoms. The summed E-state index contributed by atoms with van der Waals surface area (Å²) in [6, 6.07) is 42.7. The Morgan fingerprint density at radius 1 is 0.348 bits per heavy atom. The highest BCUT2D eigenvalue weighted by molar-refractivity contribution is 6.88. The van der Waals surface area contributed by atoms with Crippen molar-refractivity contribution in [2.45, 2.75) is 19.6 Å². The van der Waals surface area contributed by atoms with Crippen LogP contribution in [-0.2, 0) is 0 Å².